The van der Waals surface area contributed by atoms with Crippen LogP contribution in [0.5, 0.6) is 0 Å². The van der Waals surface area contributed by atoms with E-state index in [0.29, 0.717) is 24.4 Å². The van der Waals surface area contributed by atoms with Gasteiger partial charge in [-0.05, 0) is 55.2 Å². The smallest absolute Gasteiger partial charge is 0.318 e. The molecular formula is C20H22ClFN2O2. The number of aliphatic hydroxyl groups is 1. The van der Waals surface area contributed by atoms with Gasteiger partial charge >= 0.3 is 6.03 Å². The van der Waals surface area contributed by atoms with Crippen molar-refractivity contribution in [3.8, 4) is 0 Å². The minimum absolute atomic E-state index is 0.0651. The van der Waals surface area contributed by atoms with E-state index in [9.17, 15) is 14.3 Å². The van der Waals surface area contributed by atoms with Crippen LogP contribution >= 0.6 is 11.6 Å². The predicted molar refractivity (Wildman–Crippen MR) is 99.5 cm³/mol. The Kier molecular flexibility index (Phi) is 5.49. The highest BCUT2D eigenvalue weighted by molar-refractivity contribution is 6.30. The van der Waals surface area contributed by atoms with Crippen LogP contribution in [0.15, 0.2) is 48.5 Å². The van der Waals surface area contributed by atoms with E-state index in [1.54, 1.807) is 17.0 Å². The third-order valence-electron chi connectivity index (χ3n) is 5.14. The molecule has 26 heavy (non-hydrogen) atoms. The van der Waals surface area contributed by atoms with E-state index in [-0.39, 0.29) is 24.5 Å². The lowest BCUT2D eigenvalue weighted by Crippen LogP contribution is -2.58. The van der Waals surface area contributed by atoms with Gasteiger partial charge in [0.1, 0.15) is 5.82 Å². The van der Waals surface area contributed by atoms with Crippen molar-refractivity contribution in [2.45, 2.75) is 31.3 Å². The van der Waals surface area contributed by atoms with Gasteiger partial charge in [0.05, 0.1) is 11.6 Å². The second-order valence-electron chi connectivity index (χ2n) is 6.66. The Morgan fingerprint density at radius 3 is 2.46 bits per heavy atom. The second-order valence-corrected chi connectivity index (χ2v) is 7.10. The largest absolute Gasteiger partial charge is 0.396 e. The van der Waals surface area contributed by atoms with Gasteiger partial charge < -0.3 is 15.3 Å². The highest BCUT2D eigenvalue weighted by Crippen LogP contribution is 2.35. The third-order valence-corrected chi connectivity index (χ3v) is 5.39. The van der Waals surface area contributed by atoms with E-state index >= 15 is 0 Å². The monoisotopic (exact) mass is 376 g/mol. The van der Waals surface area contributed by atoms with Gasteiger partial charge in [-0.15, -0.1) is 0 Å². The fraction of sp³-hybridized carbons (Fsp3) is 0.350. The van der Waals surface area contributed by atoms with Gasteiger partial charge in [0.25, 0.3) is 0 Å². The number of hydrogen-bond acceptors (Lipinski definition) is 2. The first-order chi connectivity index (χ1) is 12.4. The van der Waals surface area contributed by atoms with Crippen molar-refractivity contribution in [3.63, 3.8) is 0 Å². The number of aliphatic hydroxyl groups excluding tert-OH is 1. The van der Waals surface area contributed by atoms with Gasteiger partial charge in [0.2, 0.25) is 0 Å². The van der Waals surface area contributed by atoms with Gasteiger partial charge in [0, 0.05) is 18.2 Å². The number of benzene rings is 2. The minimum Gasteiger partial charge on any atom is -0.396 e. The fourth-order valence-corrected chi connectivity index (χ4v) is 3.68. The molecule has 138 valence electrons. The Bertz CT molecular complexity index is 766. The highest BCUT2D eigenvalue weighted by Gasteiger charge is 2.40. The van der Waals surface area contributed by atoms with Crippen LogP contribution in [-0.4, -0.2) is 29.2 Å². The van der Waals surface area contributed by atoms with Crippen LogP contribution in [0.4, 0.5) is 9.18 Å². The van der Waals surface area contributed by atoms with Crippen LogP contribution in [0, 0.1) is 5.82 Å². The molecule has 4 nitrogen and oxygen atoms in total. The molecule has 1 saturated heterocycles. The summed E-state index contributed by atoms with van der Waals surface area (Å²) in [6.45, 7) is 2.44. The van der Waals surface area contributed by atoms with Crippen LogP contribution in [0.1, 0.15) is 36.9 Å². The number of carbonyl (C=O) groups excluding carboxylic acids is 1. The lowest BCUT2D eigenvalue weighted by Gasteiger charge is -2.44. The molecule has 1 fully saturated rings. The first kappa shape index (κ1) is 18.7. The Balaban J connectivity index is 1.81. The summed E-state index contributed by atoms with van der Waals surface area (Å²) >= 11 is 5.94. The van der Waals surface area contributed by atoms with Crippen molar-refractivity contribution in [1.82, 2.24) is 10.2 Å². The molecule has 0 saturated carbocycles. The molecule has 3 rings (SSSR count). The summed E-state index contributed by atoms with van der Waals surface area (Å²) in [5.41, 5.74) is 1.12. The lowest BCUT2D eigenvalue weighted by atomic mass is 9.82. The summed E-state index contributed by atoms with van der Waals surface area (Å²) in [7, 11) is 0. The molecule has 0 aliphatic carbocycles. The molecule has 0 radical (unpaired) electrons. The Labute approximate surface area is 157 Å². The zero-order chi connectivity index (χ0) is 18.7. The minimum atomic E-state index is -0.685. The first-order valence-electron chi connectivity index (χ1n) is 8.66. The quantitative estimate of drug-likeness (QED) is 0.820. The van der Waals surface area contributed by atoms with Gasteiger partial charge in [0.15, 0.2) is 0 Å². The van der Waals surface area contributed by atoms with Crippen LogP contribution in [0.2, 0.25) is 5.02 Å². The number of halogens is 2. The Hall–Kier alpha value is -2.11. The number of hydrogen-bond donors (Lipinski definition) is 2. The van der Waals surface area contributed by atoms with Crippen molar-refractivity contribution >= 4 is 17.6 Å². The van der Waals surface area contributed by atoms with Gasteiger partial charge in [-0.2, -0.15) is 0 Å². The Morgan fingerprint density at radius 1 is 1.23 bits per heavy atom. The number of rotatable bonds is 5. The first-order valence-corrected chi connectivity index (χ1v) is 9.04. The van der Waals surface area contributed by atoms with Crippen LogP contribution in [0.3, 0.4) is 0 Å². The number of urea groups is 1. The van der Waals surface area contributed by atoms with Crippen LogP contribution < -0.4 is 5.32 Å². The van der Waals surface area contributed by atoms with Crippen LogP contribution in [-0.2, 0) is 5.54 Å². The molecule has 1 aliphatic rings. The molecular weight excluding hydrogens is 355 g/mol. The number of nitrogens with one attached hydrogen (secondary N) is 1. The maximum atomic E-state index is 13.3. The molecule has 1 heterocycles. The summed E-state index contributed by atoms with van der Waals surface area (Å²) in [6, 6.07) is 13.2. The summed E-state index contributed by atoms with van der Waals surface area (Å²) in [5.74, 6) is -0.326. The molecule has 1 aliphatic heterocycles. The van der Waals surface area contributed by atoms with E-state index in [0.717, 1.165) is 11.1 Å². The van der Waals surface area contributed by atoms with E-state index in [2.05, 4.69) is 5.32 Å². The normalized spacial score (nSPS) is 21.4. The molecule has 2 atom stereocenters. The molecule has 2 amide bonds. The Morgan fingerprint density at radius 2 is 1.88 bits per heavy atom. The number of amides is 2. The number of carbonyl (C=O) groups is 1. The SMILES string of the molecule is CC(c1ccc(Cl)cc1)N1CCC(CCO)(c2ccc(F)cc2)NC1=O. The lowest BCUT2D eigenvalue weighted by molar-refractivity contribution is 0.110. The second kappa shape index (κ2) is 7.64. The van der Waals surface area contributed by atoms with Gasteiger partial charge in [-0.1, -0.05) is 35.9 Å². The van der Waals surface area contributed by atoms with Gasteiger partial charge in [-0.25, -0.2) is 9.18 Å². The van der Waals surface area contributed by atoms with E-state index in [4.69, 9.17) is 11.6 Å². The summed E-state index contributed by atoms with van der Waals surface area (Å²) < 4.78 is 13.3. The molecule has 2 unspecified atom stereocenters. The zero-order valence-corrected chi connectivity index (χ0v) is 15.3. The molecule has 0 bridgehead atoms. The molecule has 2 aromatic rings. The third kappa shape index (κ3) is 3.69. The molecule has 0 aromatic heterocycles. The van der Waals surface area contributed by atoms with Crippen molar-refractivity contribution in [2.75, 3.05) is 13.2 Å². The summed E-state index contributed by atoms with van der Waals surface area (Å²) in [5, 5.41) is 13.2. The maximum absolute atomic E-state index is 13.3. The summed E-state index contributed by atoms with van der Waals surface area (Å²) in [4.78, 5) is 14.6. The fourth-order valence-electron chi connectivity index (χ4n) is 3.55. The van der Waals surface area contributed by atoms with Crippen molar-refractivity contribution < 1.29 is 14.3 Å². The average molecular weight is 377 g/mol. The molecule has 2 aromatic carbocycles. The maximum Gasteiger partial charge on any atom is 0.318 e. The zero-order valence-electron chi connectivity index (χ0n) is 14.6. The molecule has 2 N–H and O–H groups in total. The van der Waals surface area contributed by atoms with Crippen LogP contribution in [0.25, 0.3) is 0 Å². The number of nitrogens with zero attached hydrogens (tertiary/aromatic N) is 1. The van der Waals surface area contributed by atoms with Crippen molar-refractivity contribution in [1.29, 1.82) is 0 Å². The summed E-state index contributed by atoms with van der Waals surface area (Å²) in [6.07, 6.45) is 1.01. The van der Waals surface area contributed by atoms with E-state index < -0.39 is 5.54 Å². The van der Waals surface area contributed by atoms with E-state index in [1.807, 2.05) is 31.2 Å². The predicted octanol–water partition coefficient (Wildman–Crippen LogP) is 4.23. The standard InChI is InChI=1S/C20H22ClFN2O2/c1-14(15-2-6-17(21)7-3-15)24-12-10-20(11-13-25,23-19(24)26)16-4-8-18(22)9-5-16/h2-9,14,25H,10-13H2,1H3,(H,23,26). The highest BCUT2D eigenvalue weighted by atomic mass is 35.5. The van der Waals surface area contributed by atoms with Crippen molar-refractivity contribution in [3.05, 3.63) is 70.5 Å². The average Bonchev–Trinajstić information content (AvgIpc) is 2.63. The molecule has 0 spiro atoms. The van der Waals surface area contributed by atoms with Gasteiger partial charge in [-0.3, -0.25) is 0 Å². The van der Waals surface area contributed by atoms with E-state index in [1.165, 1.54) is 12.1 Å². The topological polar surface area (TPSA) is 52.6 Å². The van der Waals surface area contributed by atoms with Crippen molar-refractivity contribution in [2.24, 2.45) is 0 Å². The molecule has 6 heteroatoms.